The van der Waals surface area contributed by atoms with Gasteiger partial charge in [0.2, 0.25) is 0 Å². The predicted molar refractivity (Wildman–Crippen MR) is 62.7 cm³/mol. The fourth-order valence-electron chi connectivity index (χ4n) is 1.66. The van der Waals surface area contributed by atoms with Crippen LogP contribution in [0, 0.1) is 11.7 Å². The Morgan fingerprint density at radius 1 is 1.40 bits per heavy atom. The summed E-state index contributed by atoms with van der Waals surface area (Å²) in [6.45, 7) is 4.27. The third-order valence-corrected chi connectivity index (χ3v) is 2.81. The molecule has 3 heteroatoms. The zero-order valence-corrected chi connectivity index (χ0v) is 10.1. The molecule has 0 aliphatic rings. The van der Waals surface area contributed by atoms with Crippen molar-refractivity contribution in [3.63, 3.8) is 0 Å². The molecule has 0 bridgehead atoms. The van der Waals surface area contributed by atoms with Crippen molar-refractivity contribution in [2.75, 3.05) is 7.05 Å². The summed E-state index contributed by atoms with van der Waals surface area (Å²) in [6, 6.07) is 5.07. The van der Waals surface area contributed by atoms with Gasteiger partial charge < -0.3 is 5.32 Å². The van der Waals surface area contributed by atoms with Crippen molar-refractivity contribution in [3.05, 3.63) is 34.6 Å². The van der Waals surface area contributed by atoms with Crippen molar-refractivity contribution in [3.8, 4) is 0 Å². The maximum absolute atomic E-state index is 13.3. The summed E-state index contributed by atoms with van der Waals surface area (Å²) >= 11 is 5.94. The standard InChI is InChI=1S/C12H17ClFN/c1-8(2)7-11(15-3)9-5-4-6-10(14)12(9)13/h4-6,8,11,15H,7H2,1-3H3. The first kappa shape index (κ1) is 12.5. The molecule has 1 aromatic rings. The predicted octanol–water partition coefficient (Wildman–Crippen LogP) is 3.79. The van der Waals surface area contributed by atoms with E-state index in [2.05, 4.69) is 19.2 Å². The lowest BCUT2D eigenvalue weighted by Gasteiger charge is -2.20. The lowest BCUT2D eigenvalue weighted by Crippen LogP contribution is -2.18. The fourth-order valence-corrected chi connectivity index (χ4v) is 1.92. The minimum Gasteiger partial charge on any atom is -0.313 e. The van der Waals surface area contributed by atoms with Crippen LogP contribution in [0.25, 0.3) is 0 Å². The molecule has 1 aromatic carbocycles. The summed E-state index contributed by atoms with van der Waals surface area (Å²) < 4.78 is 13.3. The molecule has 15 heavy (non-hydrogen) atoms. The van der Waals surface area contributed by atoms with Crippen LogP contribution >= 0.6 is 11.6 Å². The third kappa shape index (κ3) is 3.18. The monoisotopic (exact) mass is 229 g/mol. The second kappa shape index (κ2) is 5.47. The second-order valence-electron chi connectivity index (χ2n) is 4.11. The average molecular weight is 230 g/mol. The fraction of sp³-hybridized carbons (Fsp3) is 0.500. The zero-order chi connectivity index (χ0) is 11.4. The van der Waals surface area contributed by atoms with Gasteiger partial charge >= 0.3 is 0 Å². The number of hydrogen-bond donors (Lipinski definition) is 1. The first-order valence-electron chi connectivity index (χ1n) is 5.17. The molecular weight excluding hydrogens is 213 g/mol. The van der Waals surface area contributed by atoms with Crippen molar-refractivity contribution < 1.29 is 4.39 Å². The van der Waals surface area contributed by atoms with Crippen LogP contribution in [0.5, 0.6) is 0 Å². The van der Waals surface area contributed by atoms with Gasteiger partial charge in [0.05, 0.1) is 5.02 Å². The Bertz CT molecular complexity index is 325. The van der Waals surface area contributed by atoms with E-state index in [0.29, 0.717) is 5.92 Å². The summed E-state index contributed by atoms with van der Waals surface area (Å²) in [4.78, 5) is 0. The summed E-state index contributed by atoms with van der Waals surface area (Å²) in [5, 5.41) is 3.40. The van der Waals surface area contributed by atoms with E-state index in [-0.39, 0.29) is 16.9 Å². The number of hydrogen-bond acceptors (Lipinski definition) is 1. The average Bonchev–Trinajstić information content (AvgIpc) is 2.19. The maximum Gasteiger partial charge on any atom is 0.142 e. The molecule has 1 nitrogen and oxygen atoms in total. The van der Waals surface area contributed by atoms with E-state index in [1.165, 1.54) is 6.07 Å². The van der Waals surface area contributed by atoms with Gasteiger partial charge in [0.15, 0.2) is 0 Å². The number of benzene rings is 1. The molecule has 0 heterocycles. The van der Waals surface area contributed by atoms with Crippen LogP contribution in [0.3, 0.4) is 0 Å². The largest absolute Gasteiger partial charge is 0.313 e. The van der Waals surface area contributed by atoms with Crippen LogP contribution in [-0.4, -0.2) is 7.05 Å². The Labute approximate surface area is 95.6 Å². The Balaban J connectivity index is 2.96. The molecule has 0 radical (unpaired) electrons. The Kier molecular flexibility index (Phi) is 4.55. The highest BCUT2D eigenvalue weighted by molar-refractivity contribution is 6.31. The van der Waals surface area contributed by atoms with Gasteiger partial charge in [-0.1, -0.05) is 37.6 Å². The molecule has 1 unspecified atom stereocenters. The number of halogens is 2. The molecule has 0 aromatic heterocycles. The number of nitrogens with one attached hydrogen (secondary N) is 1. The van der Waals surface area contributed by atoms with E-state index >= 15 is 0 Å². The minimum absolute atomic E-state index is 0.119. The van der Waals surface area contributed by atoms with Gasteiger partial charge in [0, 0.05) is 6.04 Å². The van der Waals surface area contributed by atoms with Crippen LogP contribution < -0.4 is 5.32 Å². The molecule has 0 fully saturated rings. The van der Waals surface area contributed by atoms with Gasteiger partial charge in [-0.2, -0.15) is 0 Å². The number of rotatable bonds is 4. The van der Waals surface area contributed by atoms with Crippen molar-refractivity contribution in [1.82, 2.24) is 5.32 Å². The van der Waals surface area contributed by atoms with Crippen molar-refractivity contribution in [1.29, 1.82) is 0 Å². The molecule has 84 valence electrons. The minimum atomic E-state index is -0.349. The van der Waals surface area contributed by atoms with Crippen molar-refractivity contribution in [2.45, 2.75) is 26.3 Å². The highest BCUT2D eigenvalue weighted by Crippen LogP contribution is 2.29. The molecule has 0 spiro atoms. The molecule has 1 atom stereocenters. The summed E-state index contributed by atoms with van der Waals surface area (Å²) in [7, 11) is 1.87. The second-order valence-corrected chi connectivity index (χ2v) is 4.49. The lowest BCUT2D eigenvalue weighted by atomic mass is 9.97. The van der Waals surface area contributed by atoms with Crippen LogP contribution in [0.2, 0.25) is 5.02 Å². The highest BCUT2D eigenvalue weighted by atomic mass is 35.5. The van der Waals surface area contributed by atoms with E-state index < -0.39 is 0 Å². The van der Waals surface area contributed by atoms with E-state index in [1.807, 2.05) is 13.1 Å². The molecule has 1 N–H and O–H groups in total. The molecule has 0 aliphatic carbocycles. The van der Waals surface area contributed by atoms with Crippen LogP contribution in [0.15, 0.2) is 18.2 Å². The Morgan fingerprint density at radius 3 is 2.60 bits per heavy atom. The van der Waals surface area contributed by atoms with Gasteiger partial charge in [-0.15, -0.1) is 0 Å². The molecule has 1 rings (SSSR count). The quantitative estimate of drug-likeness (QED) is 0.829. The Hall–Kier alpha value is -0.600. The van der Waals surface area contributed by atoms with Gasteiger partial charge in [-0.3, -0.25) is 0 Å². The summed E-state index contributed by atoms with van der Waals surface area (Å²) in [5.41, 5.74) is 0.841. The topological polar surface area (TPSA) is 12.0 Å². The third-order valence-electron chi connectivity index (χ3n) is 2.41. The first-order valence-corrected chi connectivity index (χ1v) is 5.55. The molecule has 0 amide bonds. The van der Waals surface area contributed by atoms with Crippen LogP contribution in [0.4, 0.5) is 4.39 Å². The summed E-state index contributed by atoms with van der Waals surface area (Å²) in [6.07, 6.45) is 0.944. The smallest absolute Gasteiger partial charge is 0.142 e. The van der Waals surface area contributed by atoms with Crippen molar-refractivity contribution >= 4 is 11.6 Å². The van der Waals surface area contributed by atoms with Gasteiger partial charge in [0.25, 0.3) is 0 Å². The maximum atomic E-state index is 13.3. The lowest BCUT2D eigenvalue weighted by molar-refractivity contribution is 0.455. The summed E-state index contributed by atoms with van der Waals surface area (Å²) in [5.74, 6) is 0.194. The normalized spacial score (nSPS) is 13.2. The van der Waals surface area contributed by atoms with Crippen LogP contribution in [0.1, 0.15) is 31.9 Å². The Morgan fingerprint density at radius 2 is 2.07 bits per heavy atom. The van der Waals surface area contributed by atoms with E-state index in [1.54, 1.807) is 6.07 Å². The van der Waals surface area contributed by atoms with E-state index in [4.69, 9.17) is 11.6 Å². The van der Waals surface area contributed by atoms with E-state index in [0.717, 1.165) is 12.0 Å². The van der Waals surface area contributed by atoms with Crippen molar-refractivity contribution in [2.24, 2.45) is 5.92 Å². The van der Waals surface area contributed by atoms with E-state index in [9.17, 15) is 4.39 Å². The van der Waals surface area contributed by atoms with Gasteiger partial charge in [-0.25, -0.2) is 4.39 Å². The molecular formula is C12H17ClFN. The molecule has 0 saturated carbocycles. The van der Waals surface area contributed by atoms with Crippen LogP contribution in [-0.2, 0) is 0 Å². The first-order chi connectivity index (χ1) is 7.06. The molecule has 0 aliphatic heterocycles. The highest BCUT2D eigenvalue weighted by Gasteiger charge is 2.16. The van der Waals surface area contributed by atoms with Gasteiger partial charge in [-0.05, 0) is 31.0 Å². The zero-order valence-electron chi connectivity index (χ0n) is 9.35. The van der Waals surface area contributed by atoms with Gasteiger partial charge in [0.1, 0.15) is 5.82 Å². The molecule has 0 saturated heterocycles. The SMILES string of the molecule is CNC(CC(C)C)c1cccc(F)c1Cl.